The Hall–Kier alpha value is -4.26. The number of nitrogens with one attached hydrogen (secondary N) is 1. The van der Waals surface area contributed by atoms with Crippen molar-refractivity contribution in [2.45, 2.75) is 32.4 Å². The van der Waals surface area contributed by atoms with Crippen LogP contribution in [-0.2, 0) is 24.3 Å². The predicted molar refractivity (Wildman–Crippen MR) is 150 cm³/mol. The van der Waals surface area contributed by atoms with Crippen molar-refractivity contribution in [2.75, 3.05) is 25.1 Å². The van der Waals surface area contributed by atoms with E-state index in [4.69, 9.17) is 10.5 Å². The number of benzene rings is 3. The van der Waals surface area contributed by atoms with Crippen LogP contribution in [0.25, 0.3) is 10.9 Å². The van der Waals surface area contributed by atoms with Crippen LogP contribution < -0.4 is 20.7 Å². The highest BCUT2D eigenvalue weighted by Gasteiger charge is 2.24. The number of fused-ring (bicyclic) bond motifs is 1. The number of nitrogens with zero attached hydrogens (tertiary/aromatic N) is 2. The van der Waals surface area contributed by atoms with E-state index in [1.807, 2.05) is 36.4 Å². The van der Waals surface area contributed by atoms with Gasteiger partial charge in [-0.05, 0) is 72.7 Å². The molecule has 0 unspecified atom stereocenters. The molecule has 3 N–H and O–H groups in total. The third-order valence-electron chi connectivity index (χ3n) is 7.42. The molecule has 4 aromatic rings. The smallest absolute Gasteiger partial charge is 0.248 e. The highest BCUT2D eigenvalue weighted by atomic mass is 16.5. The van der Waals surface area contributed by atoms with Gasteiger partial charge >= 0.3 is 0 Å². The number of rotatable bonds is 9. The number of ether oxygens (including phenoxy) is 1. The molecular weight excluding hydrogens is 476 g/mol. The van der Waals surface area contributed by atoms with Crippen LogP contribution in [0.3, 0.4) is 0 Å². The highest BCUT2D eigenvalue weighted by molar-refractivity contribution is 5.98. The van der Waals surface area contributed by atoms with Crippen LogP contribution >= 0.6 is 0 Å². The third kappa shape index (κ3) is 5.83. The lowest BCUT2D eigenvalue weighted by Crippen LogP contribution is -2.36. The first-order valence-electron chi connectivity index (χ1n) is 13.1. The molecule has 5 rings (SSSR count). The Labute approximate surface area is 223 Å². The van der Waals surface area contributed by atoms with Crippen LogP contribution in [-0.4, -0.2) is 36.6 Å². The summed E-state index contributed by atoms with van der Waals surface area (Å²) < 4.78 is 7.27. The maximum atomic E-state index is 13.1. The molecule has 2 heterocycles. The molecule has 1 fully saturated rings. The van der Waals surface area contributed by atoms with Gasteiger partial charge in [-0.1, -0.05) is 42.5 Å². The number of nitrogens with two attached hydrogens (primary N) is 1. The maximum absolute atomic E-state index is 13.1. The van der Waals surface area contributed by atoms with Crippen LogP contribution in [0.1, 0.15) is 34.3 Å². The van der Waals surface area contributed by atoms with Crippen LogP contribution in [0.4, 0.5) is 5.82 Å². The van der Waals surface area contributed by atoms with Crippen molar-refractivity contribution < 1.29 is 14.3 Å². The first kappa shape index (κ1) is 25.4. The summed E-state index contributed by atoms with van der Waals surface area (Å²) in [5, 5.41) is 3.95. The van der Waals surface area contributed by atoms with Gasteiger partial charge in [-0.3, -0.25) is 9.59 Å². The Morgan fingerprint density at radius 1 is 0.947 bits per heavy atom. The van der Waals surface area contributed by atoms with Crippen molar-refractivity contribution in [3.05, 3.63) is 95.6 Å². The number of carbonyl (C=O) groups excluding carboxylic acids is 2. The number of anilines is 1. The van der Waals surface area contributed by atoms with E-state index >= 15 is 0 Å². The van der Waals surface area contributed by atoms with Crippen molar-refractivity contribution >= 4 is 28.5 Å². The molecule has 1 aliphatic rings. The largest absolute Gasteiger partial charge is 0.497 e. The molecule has 1 aliphatic heterocycles. The first-order valence-corrected chi connectivity index (χ1v) is 13.1. The summed E-state index contributed by atoms with van der Waals surface area (Å²) in [6.07, 6.45) is 3.27. The molecule has 0 bridgehead atoms. The molecule has 1 aromatic heterocycles. The molecular formula is C31H34N4O3. The van der Waals surface area contributed by atoms with Gasteiger partial charge in [0, 0.05) is 30.6 Å². The molecule has 2 amide bonds. The van der Waals surface area contributed by atoms with Crippen molar-refractivity contribution in [3.8, 4) is 5.75 Å². The first-order chi connectivity index (χ1) is 18.5. The fourth-order valence-corrected chi connectivity index (χ4v) is 5.29. The standard InChI is InChI=1S/C31H34N4O3/c1-38-27-10-7-24(8-11-27)20-33-29(36)21-35-28-12-9-25(31(32)37)18-26(28)19-30(35)34-15-13-23(14-16-34)17-22-5-3-2-4-6-22/h2-12,18-19,23H,13-17,20-21H2,1H3,(H2,32,37)(H,33,36). The number of hydrogen-bond donors (Lipinski definition) is 2. The molecule has 0 radical (unpaired) electrons. The molecule has 38 heavy (non-hydrogen) atoms. The van der Waals surface area contributed by atoms with E-state index in [0.29, 0.717) is 18.0 Å². The van der Waals surface area contributed by atoms with Gasteiger partial charge in [0.15, 0.2) is 0 Å². The van der Waals surface area contributed by atoms with Gasteiger partial charge < -0.3 is 25.3 Å². The number of aromatic nitrogens is 1. The fourth-order valence-electron chi connectivity index (χ4n) is 5.29. The summed E-state index contributed by atoms with van der Waals surface area (Å²) in [4.78, 5) is 27.2. The Kier molecular flexibility index (Phi) is 7.63. The summed E-state index contributed by atoms with van der Waals surface area (Å²) >= 11 is 0. The average molecular weight is 511 g/mol. The lowest BCUT2D eigenvalue weighted by molar-refractivity contribution is -0.121. The van der Waals surface area contributed by atoms with Crippen molar-refractivity contribution in [3.63, 3.8) is 0 Å². The van der Waals surface area contributed by atoms with Gasteiger partial charge in [0.25, 0.3) is 0 Å². The SMILES string of the molecule is COc1ccc(CNC(=O)Cn2c(N3CCC(Cc4ccccc4)CC3)cc3cc(C(N)=O)ccc32)cc1. The summed E-state index contributed by atoms with van der Waals surface area (Å²) in [5.41, 5.74) is 9.30. The lowest BCUT2D eigenvalue weighted by Gasteiger charge is -2.34. The van der Waals surface area contributed by atoms with E-state index < -0.39 is 5.91 Å². The van der Waals surface area contributed by atoms with Gasteiger partial charge in [0.2, 0.25) is 11.8 Å². The number of hydrogen-bond acceptors (Lipinski definition) is 4. The third-order valence-corrected chi connectivity index (χ3v) is 7.42. The molecule has 3 aromatic carbocycles. The van der Waals surface area contributed by atoms with E-state index in [9.17, 15) is 9.59 Å². The molecule has 0 aliphatic carbocycles. The van der Waals surface area contributed by atoms with Gasteiger partial charge in [-0.25, -0.2) is 0 Å². The number of primary amides is 1. The molecule has 0 saturated carbocycles. The normalized spacial score (nSPS) is 14.0. The molecule has 196 valence electrons. The number of methoxy groups -OCH3 is 1. The maximum Gasteiger partial charge on any atom is 0.248 e. The second-order valence-electron chi connectivity index (χ2n) is 9.97. The minimum Gasteiger partial charge on any atom is -0.497 e. The van der Waals surface area contributed by atoms with E-state index in [0.717, 1.165) is 60.4 Å². The zero-order chi connectivity index (χ0) is 26.5. The Balaban J connectivity index is 1.32. The summed E-state index contributed by atoms with van der Waals surface area (Å²) in [5.74, 6) is 1.89. The van der Waals surface area contributed by atoms with Crippen LogP contribution in [0, 0.1) is 5.92 Å². The van der Waals surface area contributed by atoms with Gasteiger partial charge in [-0.15, -0.1) is 0 Å². The predicted octanol–water partition coefficient (Wildman–Crippen LogP) is 4.52. The number of piperidine rings is 1. The molecule has 0 atom stereocenters. The lowest BCUT2D eigenvalue weighted by atomic mass is 9.90. The summed E-state index contributed by atoms with van der Waals surface area (Å²) in [7, 11) is 1.63. The van der Waals surface area contributed by atoms with Gasteiger partial charge in [0.05, 0.1) is 12.6 Å². The fraction of sp³-hybridized carbons (Fsp3) is 0.290. The van der Waals surface area contributed by atoms with Crippen molar-refractivity contribution in [2.24, 2.45) is 11.7 Å². The van der Waals surface area contributed by atoms with Crippen molar-refractivity contribution in [1.29, 1.82) is 0 Å². The van der Waals surface area contributed by atoms with Gasteiger partial charge in [-0.2, -0.15) is 0 Å². The van der Waals surface area contributed by atoms with E-state index in [2.05, 4.69) is 51.2 Å². The molecule has 0 spiro atoms. The Bertz CT molecular complexity index is 1400. The zero-order valence-corrected chi connectivity index (χ0v) is 21.7. The van der Waals surface area contributed by atoms with Crippen LogP contribution in [0.15, 0.2) is 78.9 Å². The number of amides is 2. The zero-order valence-electron chi connectivity index (χ0n) is 21.7. The van der Waals surface area contributed by atoms with Crippen LogP contribution in [0.2, 0.25) is 0 Å². The second-order valence-corrected chi connectivity index (χ2v) is 9.97. The van der Waals surface area contributed by atoms with Crippen LogP contribution in [0.5, 0.6) is 5.75 Å². The molecule has 7 nitrogen and oxygen atoms in total. The van der Waals surface area contributed by atoms with E-state index in [1.165, 1.54) is 5.56 Å². The quantitative estimate of drug-likeness (QED) is 0.346. The van der Waals surface area contributed by atoms with E-state index in [1.54, 1.807) is 13.2 Å². The minimum atomic E-state index is -0.458. The summed E-state index contributed by atoms with van der Waals surface area (Å²) in [6, 6.07) is 25.8. The van der Waals surface area contributed by atoms with Crippen molar-refractivity contribution in [1.82, 2.24) is 9.88 Å². The monoisotopic (exact) mass is 510 g/mol. The molecule has 1 saturated heterocycles. The molecule has 7 heteroatoms. The van der Waals surface area contributed by atoms with Gasteiger partial charge in [0.1, 0.15) is 18.1 Å². The number of carbonyl (C=O) groups is 2. The second kappa shape index (κ2) is 11.4. The highest BCUT2D eigenvalue weighted by Crippen LogP contribution is 2.31. The summed E-state index contributed by atoms with van der Waals surface area (Å²) in [6.45, 7) is 2.47. The minimum absolute atomic E-state index is 0.0718. The van der Waals surface area contributed by atoms with E-state index in [-0.39, 0.29) is 12.5 Å². The Morgan fingerprint density at radius 3 is 2.37 bits per heavy atom. The Morgan fingerprint density at radius 2 is 1.68 bits per heavy atom. The average Bonchev–Trinajstić information content (AvgIpc) is 3.30. The topological polar surface area (TPSA) is 89.6 Å².